The van der Waals surface area contributed by atoms with Gasteiger partial charge in [-0.15, -0.1) is 0 Å². The van der Waals surface area contributed by atoms with Gasteiger partial charge in [0, 0.05) is 36.8 Å². The molecular formula is C17H21N7. The third-order valence-corrected chi connectivity index (χ3v) is 4.83. The lowest BCUT2D eigenvalue weighted by Gasteiger charge is -2.33. The van der Waals surface area contributed by atoms with Crippen LogP contribution in [-0.2, 0) is 0 Å². The molecule has 0 bridgehead atoms. The van der Waals surface area contributed by atoms with Gasteiger partial charge in [-0.05, 0) is 38.2 Å². The zero-order chi connectivity index (χ0) is 16.5. The topological polar surface area (TPSA) is 104 Å². The van der Waals surface area contributed by atoms with Crippen LogP contribution in [0.5, 0.6) is 0 Å². The monoisotopic (exact) mass is 323 g/mol. The fourth-order valence-corrected chi connectivity index (χ4v) is 3.44. The molecule has 2 fully saturated rings. The first-order valence-corrected chi connectivity index (χ1v) is 8.58. The maximum absolute atomic E-state index is 9.26. The number of piperidine rings is 1. The van der Waals surface area contributed by atoms with E-state index in [1.165, 1.54) is 6.42 Å². The van der Waals surface area contributed by atoms with E-state index in [1.54, 1.807) is 12.3 Å². The minimum absolute atomic E-state index is 0.284. The Morgan fingerprint density at radius 3 is 2.71 bits per heavy atom. The molecule has 2 aliphatic rings. The van der Waals surface area contributed by atoms with Crippen molar-refractivity contribution in [3.8, 4) is 6.07 Å². The highest BCUT2D eigenvalue weighted by Crippen LogP contribution is 2.28. The smallest absolute Gasteiger partial charge is 0.223 e. The summed E-state index contributed by atoms with van der Waals surface area (Å²) in [6.07, 6.45) is 7.22. The molecule has 1 aliphatic heterocycles. The van der Waals surface area contributed by atoms with Gasteiger partial charge < -0.3 is 16.0 Å². The van der Waals surface area contributed by atoms with Crippen LogP contribution in [0.2, 0.25) is 0 Å². The van der Waals surface area contributed by atoms with E-state index < -0.39 is 0 Å². The van der Waals surface area contributed by atoms with Crippen LogP contribution in [0.3, 0.4) is 0 Å². The maximum atomic E-state index is 9.26. The van der Waals surface area contributed by atoms with Crippen molar-refractivity contribution in [2.45, 2.75) is 44.2 Å². The molecule has 3 heterocycles. The number of nitrogens with two attached hydrogens (primary N) is 1. The highest BCUT2D eigenvalue weighted by Gasteiger charge is 2.26. The van der Waals surface area contributed by atoms with Crippen molar-refractivity contribution in [3.63, 3.8) is 0 Å². The average molecular weight is 323 g/mol. The quantitative estimate of drug-likeness (QED) is 0.887. The van der Waals surface area contributed by atoms with Crippen molar-refractivity contribution in [3.05, 3.63) is 18.0 Å². The Labute approximate surface area is 140 Å². The van der Waals surface area contributed by atoms with Gasteiger partial charge in [0.25, 0.3) is 0 Å². The Balaban J connectivity index is 1.71. The molecule has 0 unspecified atom stereocenters. The predicted molar refractivity (Wildman–Crippen MR) is 92.7 cm³/mol. The third-order valence-electron chi connectivity index (χ3n) is 4.83. The third kappa shape index (κ3) is 2.85. The summed E-state index contributed by atoms with van der Waals surface area (Å²) in [6.45, 7) is 1.92. The average Bonchev–Trinajstić information content (AvgIpc) is 2.60. The highest BCUT2D eigenvalue weighted by molar-refractivity contribution is 5.89. The number of aromatic nitrogens is 3. The summed E-state index contributed by atoms with van der Waals surface area (Å²) in [5, 5.41) is 13.5. The Kier molecular flexibility index (Phi) is 3.90. The van der Waals surface area contributed by atoms with Crippen molar-refractivity contribution in [2.24, 2.45) is 5.73 Å². The summed E-state index contributed by atoms with van der Waals surface area (Å²) < 4.78 is 0. The number of nitrogens with zero attached hydrogens (tertiary/aromatic N) is 5. The molecule has 2 aromatic heterocycles. The van der Waals surface area contributed by atoms with Crippen LogP contribution in [-0.4, -0.2) is 40.1 Å². The number of rotatable bonds is 3. The fourth-order valence-electron chi connectivity index (χ4n) is 3.44. The summed E-state index contributed by atoms with van der Waals surface area (Å²) in [4.78, 5) is 15.9. The lowest BCUT2D eigenvalue weighted by Crippen LogP contribution is -2.44. The SMILES string of the molecule is N#Cc1cc2cnc(NC3CC(N)C3)nc2c(N2CCCCC2)n1. The first-order valence-electron chi connectivity index (χ1n) is 8.58. The Morgan fingerprint density at radius 2 is 2.00 bits per heavy atom. The van der Waals surface area contributed by atoms with E-state index in [0.717, 1.165) is 55.5 Å². The number of hydrogen-bond donors (Lipinski definition) is 2. The van der Waals surface area contributed by atoms with Crippen LogP contribution < -0.4 is 16.0 Å². The van der Waals surface area contributed by atoms with Gasteiger partial charge in [-0.2, -0.15) is 5.26 Å². The van der Waals surface area contributed by atoms with Gasteiger partial charge >= 0.3 is 0 Å². The molecule has 124 valence electrons. The first kappa shape index (κ1) is 15.1. The second-order valence-electron chi connectivity index (χ2n) is 6.69. The fraction of sp³-hybridized carbons (Fsp3) is 0.529. The molecule has 1 saturated carbocycles. The molecule has 3 N–H and O–H groups in total. The number of fused-ring (bicyclic) bond motifs is 1. The largest absolute Gasteiger partial charge is 0.355 e. The molecule has 2 aromatic rings. The van der Waals surface area contributed by atoms with Crippen LogP contribution in [0.4, 0.5) is 11.8 Å². The van der Waals surface area contributed by atoms with Gasteiger partial charge in [0.05, 0.1) is 0 Å². The minimum Gasteiger partial charge on any atom is -0.355 e. The number of nitriles is 1. The van der Waals surface area contributed by atoms with E-state index in [-0.39, 0.29) is 6.04 Å². The molecule has 0 spiro atoms. The van der Waals surface area contributed by atoms with Crippen LogP contribution in [0.25, 0.3) is 10.9 Å². The van der Waals surface area contributed by atoms with Gasteiger partial charge in [-0.1, -0.05) is 0 Å². The summed E-state index contributed by atoms with van der Waals surface area (Å²) >= 11 is 0. The standard InChI is InChI=1S/C17H21N7/c18-9-14-6-11-10-20-17(22-13-7-12(19)8-13)23-15(11)16(21-14)24-4-2-1-3-5-24/h6,10,12-13H,1-5,7-8,19H2,(H,20,22,23). The van der Waals surface area contributed by atoms with Crippen molar-refractivity contribution in [1.29, 1.82) is 5.26 Å². The van der Waals surface area contributed by atoms with Crippen LogP contribution in [0.15, 0.2) is 12.3 Å². The van der Waals surface area contributed by atoms with Gasteiger partial charge in [0.2, 0.25) is 5.95 Å². The summed E-state index contributed by atoms with van der Waals surface area (Å²) in [7, 11) is 0. The van der Waals surface area contributed by atoms with Gasteiger partial charge in [0.1, 0.15) is 17.3 Å². The molecule has 1 aliphatic carbocycles. The van der Waals surface area contributed by atoms with E-state index in [9.17, 15) is 5.26 Å². The highest BCUT2D eigenvalue weighted by atomic mass is 15.2. The number of anilines is 2. The summed E-state index contributed by atoms with van der Waals surface area (Å²) in [6, 6.07) is 4.53. The number of nitrogens with one attached hydrogen (secondary N) is 1. The zero-order valence-electron chi connectivity index (χ0n) is 13.6. The Bertz CT molecular complexity index is 785. The molecule has 0 amide bonds. The molecule has 24 heavy (non-hydrogen) atoms. The maximum Gasteiger partial charge on any atom is 0.223 e. The normalized spacial score (nSPS) is 23.6. The first-order chi connectivity index (χ1) is 11.7. The Morgan fingerprint density at radius 1 is 1.21 bits per heavy atom. The summed E-state index contributed by atoms with van der Waals surface area (Å²) in [5.74, 6) is 1.42. The molecule has 0 radical (unpaired) electrons. The van der Waals surface area contributed by atoms with Crippen molar-refractivity contribution < 1.29 is 0 Å². The minimum atomic E-state index is 0.284. The lowest BCUT2D eigenvalue weighted by molar-refractivity contribution is 0.372. The zero-order valence-corrected chi connectivity index (χ0v) is 13.6. The second-order valence-corrected chi connectivity index (χ2v) is 6.69. The number of pyridine rings is 1. The van der Waals surface area contributed by atoms with Crippen LogP contribution in [0, 0.1) is 11.3 Å². The van der Waals surface area contributed by atoms with Gasteiger partial charge in [-0.3, -0.25) is 0 Å². The van der Waals surface area contributed by atoms with Gasteiger partial charge in [-0.25, -0.2) is 15.0 Å². The Hall–Kier alpha value is -2.46. The number of hydrogen-bond acceptors (Lipinski definition) is 7. The van der Waals surface area contributed by atoms with Crippen LogP contribution in [0.1, 0.15) is 37.8 Å². The van der Waals surface area contributed by atoms with E-state index >= 15 is 0 Å². The molecule has 1 saturated heterocycles. The van der Waals surface area contributed by atoms with Crippen molar-refractivity contribution >= 4 is 22.7 Å². The van der Waals surface area contributed by atoms with E-state index in [2.05, 4.69) is 26.3 Å². The van der Waals surface area contributed by atoms with E-state index in [1.807, 2.05) is 0 Å². The van der Waals surface area contributed by atoms with Crippen molar-refractivity contribution in [2.75, 3.05) is 23.3 Å². The molecule has 0 atom stereocenters. The van der Waals surface area contributed by atoms with Gasteiger partial charge in [0.15, 0.2) is 5.82 Å². The molecule has 0 aromatic carbocycles. The lowest BCUT2D eigenvalue weighted by atomic mass is 9.88. The second kappa shape index (κ2) is 6.21. The van der Waals surface area contributed by atoms with E-state index in [4.69, 9.17) is 10.7 Å². The molecular weight excluding hydrogens is 302 g/mol. The van der Waals surface area contributed by atoms with E-state index in [0.29, 0.717) is 17.7 Å². The molecule has 7 heteroatoms. The molecule has 7 nitrogen and oxygen atoms in total. The summed E-state index contributed by atoms with van der Waals surface area (Å²) in [5.41, 5.74) is 7.07. The van der Waals surface area contributed by atoms with Crippen LogP contribution >= 0.6 is 0 Å². The predicted octanol–water partition coefficient (Wildman–Crippen LogP) is 1.79. The van der Waals surface area contributed by atoms with Crippen molar-refractivity contribution in [1.82, 2.24) is 15.0 Å². The molecule has 4 rings (SSSR count).